The van der Waals surface area contributed by atoms with Crippen molar-refractivity contribution >= 4 is 28.3 Å². The van der Waals surface area contributed by atoms with Crippen LogP contribution in [0.2, 0.25) is 0 Å². The zero-order valence-electron chi connectivity index (χ0n) is 13.1. The highest BCUT2D eigenvalue weighted by molar-refractivity contribution is 14.1. The van der Waals surface area contributed by atoms with E-state index in [0.717, 1.165) is 19.3 Å². The number of aliphatic hydroxyl groups is 1. The Morgan fingerprint density at radius 2 is 2.14 bits per heavy atom. The average molecular weight is 409 g/mol. The van der Waals surface area contributed by atoms with E-state index < -0.39 is 0 Å². The summed E-state index contributed by atoms with van der Waals surface area (Å²) in [5.41, 5.74) is 4.37. The molecule has 3 atom stereocenters. The Kier molecular flexibility index (Phi) is 5.24. The molecule has 0 amide bonds. The molecule has 3 unspecified atom stereocenters. The van der Waals surface area contributed by atoms with E-state index in [-0.39, 0.29) is 6.61 Å². The molecule has 0 aromatic heterocycles. The minimum absolute atomic E-state index is 0.286. The zero-order valence-corrected chi connectivity index (χ0v) is 15.2. The van der Waals surface area contributed by atoms with Crippen molar-refractivity contribution in [2.45, 2.75) is 44.6 Å². The highest BCUT2D eigenvalue weighted by Crippen LogP contribution is 2.55. The third-order valence-corrected chi connectivity index (χ3v) is 6.30. The van der Waals surface area contributed by atoms with Gasteiger partial charge in [-0.25, -0.2) is 0 Å². The molecule has 0 saturated heterocycles. The highest BCUT2D eigenvalue weighted by atomic mass is 127. The number of anilines is 1. The minimum Gasteiger partial charge on any atom is -0.396 e. The second kappa shape index (κ2) is 7.18. The van der Waals surface area contributed by atoms with Crippen LogP contribution in [0.25, 0.3) is 0 Å². The molecule has 0 radical (unpaired) electrons. The summed E-state index contributed by atoms with van der Waals surface area (Å²) in [6, 6.07) is 9.21. The number of halogens is 1. The second-order valence-electron chi connectivity index (χ2n) is 6.19. The van der Waals surface area contributed by atoms with Crippen LogP contribution in [0.5, 0.6) is 0 Å². The summed E-state index contributed by atoms with van der Waals surface area (Å²) in [6.45, 7) is 2.38. The minimum atomic E-state index is 0.286. The Labute approximate surface area is 146 Å². The van der Waals surface area contributed by atoms with Crippen LogP contribution in [0.3, 0.4) is 0 Å². The number of hydrogen-bond donors (Lipinski definition) is 2. The average Bonchev–Trinajstić information content (AvgIpc) is 3.03. The van der Waals surface area contributed by atoms with Crippen LogP contribution in [0, 0.1) is 5.92 Å². The molecule has 118 valence electrons. The summed E-state index contributed by atoms with van der Waals surface area (Å²) in [5.74, 6) is 1.18. The Morgan fingerprint density at radius 3 is 2.91 bits per heavy atom. The molecule has 1 aliphatic carbocycles. The lowest BCUT2D eigenvalue weighted by Crippen LogP contribution is -2.20. The van der Waals surface area contributed by atoms with E-state index in [2.05, 4.69) is 71.2 Å². The van der Waals surface area contributed by atoms with Crippen molar-refractivity contribution in [3.8, 4) is 0 Å². The molecular formula is C19H24INO. The number of nitrogens with one attached hydrogen (secondary N) is 1. The summed E-state index contributed by atoms with van der Waals surface area (Å²) < 4.78 is 1.48. The molecule has 1 heterocycles. The van der Waals surface area contributed by atoms with E-state index in [1.165, 1.54) is 21.3 Å². The molecule has 3 heteroatoms. The molecule has 0 saturated carbocycles. The van der Waals surface area contributed by atoms with Gasteiger partial charge in [-0.2, -0.15) is 0 Å². The van der Waals surface area contributed by atoms with Gasteiger partial charge in [-0.05, 0) is 72.7 Å². The van der Waals surface area contributed by atoms with E-state index >= 15 is 0 Å². The fraction of sp³-hybridized carbons (Fsp3) is 0.474. The number of benzene rings is 1. The zero-order chi connectivity index (χ0) is 15.5. The Bertz CT molecular complexity index is 593. The third kappa shape index (κ3) is 2.85. The van der Waals surface area contributed by atoms with Crippen LogP contribution in [0.4, 0.5) is 5.69 Å². The Morgan fingerprint density at radius 1 is 1.32 bits per heavy atom. The lowest BCUT2D eigenvalue weighted by molar-refractivity contribution is 0.286. The van der Waals surface area contributed by atoms with Crippen molar-refractivity contribution in [2.75, 3.05) is 11.9 Å². The van der Waals surface area contributed by atoms with Gasteiger partial charge in [-0.1, -0.05) is 35.9 Å². The maximum absolute atomic E-state index is 9.22. The van der Waals surface area contributed by atoms with Gasteiger partial charge in [0.2, 0.25) is 0 Å². The second-order valence-corrected chi connectivity index (χ2v) is 7.35. The van der Waals surface area contributed by atoms with E-state index in [1.54, 1.807) is 5.57 Å². The Hall–Kier alpha value is -0.810. The Balaban J connectivity index is 1.89. The van der Waals surface area contributed by atoms with Gasteiger partial charge in [-0.3, -0.25) is 0 Å². The topological polar surface area (TPSA) is 32.3 Å². The first-order valence-corrected chi connectivity index (χ1v) is 9.31. The fourth-order valence-corrected chi connectivity index (χ4v) is 5.20. The fourth-order valence-electron chi connectivity index (χ4n) is 3.99. The summed E-state index contributed by atoms with van der Waals surface area (Å²) in [7, 11) is 0. The quantitative estimate of drug-likeness (QED) is 0.511. The number of para-hydroxylation sites is 1. The molecule has 1 aromatic carbocycles. The van der Waals surface area contributed by atoms with Gasteiger partial charge in [0.15, 0.2) is 0 Å². The van der Waals surface area contributed by atoms with Crippen molar-refractivity contribution in [3.63, 3.8) is 0 Å². The van der Waals surface area contributed by atoms with Crippen LogP contribution in [-0.2, 0) is 0 Å². The first-order chi connectivity index (χ1) is 10.8. The van der Waals surface area contributed by atoms with Gasteiger partial charge in [0.05, 0.1) is 6.04 Å². The first-order valence-electron chi connectivity index (χ1n) is 8.23. The van der Waals surface area contributed by atoms with Crippen molar-refractivity contribution < 1.29 is 5.11 Å². The third-order valence-electron chi connectivity index (χ3n) is 4.94. The largest absolute Gasteiger partial charge is 0.396 e. The van der Waals surface area contributed by atoms with Gasteiger partial charge in [0, 0.05) is 21.8 Å². The number of fused-ring (bicyclic) bond motifs is 3. The van der Waals surface area contributed by atoms with Crippen LogP contribution < -0.4 is 5.32 Å². The molecule has 2 nitrogen and oxygen atoms in total. The number of aliphatic hydroxyl groups excluding tert-OH is 1. The molecule has 2 aliphatic rings. The van der Waals surface area contributed by atoms with Crippen molar-refractivity contribution in [2.24, 2.45) is 5.92 Å². The normalized spacial score (nSPS) is 26.4. The molecule has 1 aromatic rings. The summed E-state index contributed by atoms with van der Waals surface area (Å²) in [6.07, 6.45) is 8.68. The van der Waals surface area contributed by atoms with Crippen LogP contribution in [-0.4, -0.2) is 17.8 Å². The predicted octanol–water partition coefficient (Wildman–Crippen LogP) is 5.01. The van der Waals surface area contributed by atoms with E-state index in [9.17, 15) is 5.11 Å². The molecule has 0 spiro atoms. The number of allylic oxidation sites excluding steroid dienone is 3. The molecule has 1 aliphatic heterocycles. The lowest BCUT2D eigenvalue weighted by Gasteiger charge is -2.22. The smallest absolute Gasteiger partial charge is 0.0645 e. The van der Waals surface area contributed by atoms with E-state index in [0.29, 0.717) is 17.9 Å². The van der Waals surface area contributed by atoms with Crippen molar-refractivity contribution in [3.05, 3.63) is 51.1 Å². The predicted molar refractivity (Wildman–Crippen MR) is 101 cm³/mol. The van der Waals surface area contributed by atoms with Gasteiger partial charge in [0.25, 0.3) is 0 Å². The van der Waals surface area contributed by atoms with E-state index in [4.69, 9.17) is 0 Å². The maximum Gasteiger partial charge on any atom is 0.0645 e. The van der Waals surface area contributed by atoms with Gasteiger partial charge < -0.3 is 10.4 Å². The SMILES string of the molecule is C/C=C/CCC1C(CCCO)=C(I)C2Nc3ccccc3C12. The number of hydrogen-bond acceptors (Lipinski definition) is 2. The van der Waals surface area contributed by atoms with Crippen LogP contribution >= 0.6 is 22.6 Å². The van der Waals surface area contributed by atoms with Crippen molar-refractivity contribution in [1.82, 2.24) is 0 Å². The molecule has 0 fully saturated rings. The lowest BCUT2D eigenvalue weighted by atomic mass is 9.81. The highest BCUT2D eigenvalue weighted by Gasteiger charge is 2.46. The summed E-state index contributed by atoms with van der Waals surface area (Å²) >= 11 is 2.54. The van der Waals surface area contributed by atoms with Gasteiger partial charge in [-0.15, -0.1) is 0 Å². The van der Waals surface area contributed by atoms with E-state index in [1.807, 2.05) is 0 Å². The van der Waals surface area contributed by atoms with Gasteiger partial charge >= 0.3 is 0 Å². The maximum atomic E-state index is 9.22. The van der Waals surface area contributed by atoms with Gasteiger partial charge in [0.1, 0.15) is 0 Å². The molecule has 3 rings (SSSR count). The monoisotopic (exact) mass is 409 g/mol. The van der Waals surface area contributed by atoms with Crippen molar-refractivity contribution in [1.29, 1.82) is 0 Å². The molecule has 2 N–H and O–H groups in total. The molecule has 22 heavy (non-hydrogen) atoms. The van der Waals surface area contributed by atoms with Crippen LogP contribution in [0.15, 0.2) is 45.6 Å². The molecular weight excluding hydrogens is 385 g/mol. The number of rotatable bonds is 6. The molecule has 0 bridgehead atoms. The first kappa shape index (κ1) is 16.1. The van der Waals surface area contributed by atoms with Crippen LogP contribution in [0.1, 0.15) is 44.1 Å². The summed E-state index contributed by atoms with van der Waals surface area (Å²) in [5, 5.41) is 12.9. The standard InChI is InChI=1S/C19H24INO/c1-2-3-4-8-13-14(10-7-12-22)18(20)19-17(13)15-9-5-6-11-16(15)21-19/h2-3,5-6,9,11,13,17,19,21-22H,4,7-8,10,12H2,1H3/b3-2+. The summed E-state index contributed by atoms with van der Waals surface area (Å²) in [4.78, 5) is 0.